The molecule has 2 heterocycles. The predicted octanol–water partition coefficient (Wildman–Crippen LogP) is 3.33. The van der Waals surface area contributed by atoms with Crippen LogP contribution in [0.5, 0.6) is 0 Å². The Morgan fingerprint density at radius 1 is 1.20 bits per heavy atom. The van der Waals surface area contributed by atoms with Gasteiger partial charge in [0.05, 0.1) is 10.2 Å². The fraction of sp³-hybridized carbons (Fsp3) is 0.200. The molecule has 0 atom stereocenters. The number of fused-ring (bicyclic) bond motifs is 1. The fourth-order valence-electron chi connectivity index (χ4n) is 2.13. The largest absolute Gasteiger partial charge is 0.339 e. The van der Waals surface area contributed by atoms with E-state index in [9.17, 15) is 0 Å². The predicted molar refractivity (Wildman–Crippen MR) is 84.5 cm³/mol. The Morgan fingerprint density at radius 2 is 2.15 bits per heavy atom. The lowest BCUT2D eigenvalue weighted by atomic mass is 10.1. The summed E-state index contributed by atoms with van der Waals surface area (Å²) in [6.07, 6.45) is 3.60. The first-order chi connectivity index (χ1) is 9.86. The van der Waals surface area contributed by atoms with Gasteiger partial charge in [0.15, 0.2) is 5.82 Å². The van der Waals surface area contributed by atoms with Gasteiger partial charge in [0, 0.05) is 5.69 Å². The molecule has 3 rings (SSSR count). The number of hydrogen-bond donors (Lipinski definition) is 2. The van der Waals surface area contributed by atoms with Gasteiger partial charge >= 0.3 is 0 Å². The lowest BCUT2D eigenvalue weighted by molar-refractivity contribution is 0.833. The van der Waals surface area contributed by atoms with E-state index in [1.165, 1.54) is 5.56 Å². The van der Waals surface area contributed by atoms with Crippen molar-refractivity contribution in [2.45, 2.75) is 12.8 Å². The molecular weight excluding hydrogens is 268 g/mol. The lowest BCUT2D eigenvalue weighted by Crippen LogP contribution is -2.01. The first kappa shape index (κ1) is 13.0. The van der Waals surface area contributed by atoms with E-state index in [0.717, 1.165) is 41.1 Å². The van der Waals surface area contributed by atoms with E-state index in [1.54, 1.807) is 17.7 Å². The Morgan fingerprint density at radius 3 is 3.05 bits per heavy atom. The van der Waals surface area contributed by atoms with E-state index in [2.05, 4.69) is 33.5 Å². The molecule has 2 aromatic heterocycles. The third-order valence-electron chi connectivity index (χ3n) is 3.10. The van der Waals surface area contributed by atoms with Gasteiger partial charge in [0.1, 0.15) is 6.33 Å². The topological polar surface area (TPSA) is 63.8 Å². The zero-order valence-corrected chi connectivity index (χ0v) is 11.9. The van der Waals surface area contributed by atoms with E-state index in [1.807, 2.05) is 17.5 Å². The second-order valence-electron chi connectivity index (χ2n) is 4.57. The molecular formula is C15H16N4S. The molecule has 5 heteroatoms. The summed E-state index contributed by atoms with van der Waals surface area (Å²) in [5.41, 5.74) is 8.87. The van der Waals surface area contributed by atoms with Crippen molar-refractivity contribution in [3.05, 3.63) is 47.6 Å². The number of benzene rings is 1. The minimum atomic E-state index is 0.722. The molecule has 0 saturated carbocycles. The summed E-state index contributed by atoms with van der Waals surface area (Å²) in [6.45, 7) is 0.722. The van der Waals surface area contributed by atoms with Crippen LogP contribution in [0.1, 0.15) is 12.0 Å². The zero-order valence-electron chi connectivity index (χ0n) is 11.0. The number of aryl methyl sites for hydroxylation is 1. The maximum absolute atomic E-state index is 5.56. The van der Waals surface area contributed by atoms with Crippen molar-refractivity contribution in [1.29, 1.82) is 0 Å². The molecule has 0 aliphatic rings. The second kappa shape index (κ2) is 5.98. The van der Waals surface area contributed by atoms with Gasteiger partial charge in [-0.2, -0.15) is 0 Å². The van der Waals surface area contributed by atoms with E-state index in [0.29, 0.717) is 0 Å². The number of nitrogens with zero attached hydrogens (tertiary/aromatic N) is 2. The molecule has 102 valence electrons. The molecule has 1 aromatic carbocycles. The summed E-state index contributed by atoms with van der Waals surface area (Å²) in [5, 5.41) is 5.41. The van der Waals surface area contributed by atoms with E-state index < -0.39 is 0 Å². The number of nitrogens with two attached hydrogens (primary N) is 1. The van der Waals surface area contributed by atoms with Gasteiger partial charge < -0.3 is 11.1 Å². The van der Waals surface area contributed by atoms with Crippen LogP contribution in [0.3, 0.4) is 0 Å². The van der Waals surface area contributed by atoms with Crippen LogP contribution in [-0.4, -0.2) is 16.5 Å². The highest BCUT2D eigenvalue weighted by molar-refractivity contribution is 7.17. The normalized spacial score (nSPS) is 10.8. The van der Waals surface area contributed by atoms with Crippen LogP contribution in [0, 0.1) is 0 Å². The molecule has 0 bridgehead atoms. The van der Waals surface area contributed by atoms with Gasteiger partial charge in [-0.25, -0.2) is 9.97 Å². The van der Waals surface area contributed by atoms with Crippen molar-refractivity contribution < 1.29 is 0 Å². The Hall–Kier alpha value is -1.98. The highest BCUT2D eigenvalue weighted by atomic mass is 32.1. The summed E-state index contributed by atoms with van der Waals surface area (Å²) in [4.78, 5) is 8.58. The van der Waals surface area contributed by atoms with Crippen LogP contribution in [0.2, 0.25) is 0 Å². The minimum absolute atomic E-state index is 0.722. The molecule has 4 nitrogen and oxygen atoms in total. The van der Waals surface area contributed by atoms with Crippen LogP contribution in [0.4, 0.5) is 11.5 Å². The quantitative estimate of drug-likeness (QED) is 0.754. The number of anilines is 2. The van der Waals surface area contributed by atoms with E-state index in [4.69, 9.17) is 5.73 Å². The Bertz CT molecular complexity index is 708. The van der Waals surface area contributed by atoms with Gasteiger partial charge in [0.2, 0.25) is 0 Å². The third kappa shape index (κ3) is 2.79. The van der Waals surface area contributed by atoms with E-state index in [-0.39, 0.29) is 0 Å². The summed E-state index contributed by atoms with van der Waals surface area (Å²) in [7, 11) is 0. The van der Waals surface area contributed by atoms with Crippen molar-refractivity contribution >= 4 is 33.1 Å². The van der Waals surface area contributed by atoms with Crippen molar-refractivity contribution in [2.24, 2.45) is 5.73 Å². The lowest BCUT2D eigenvalue weighted by Gasteiger charge is -2.08. The summed E-state index contributed by atoms with van der Waals surface area (Å²) in [5.74, 6) is 0.862. The van der Waals surface area contributed by atoms with Crippen LogP contribution >= 0.6 is 11.3 Å². The number of hydrogen-bond acceptors (Lipinski definition) is 5. The van der Waals surface area contributed by atoms with Crippen molar-refractivity contribution in [1.82, 2.24) is 9.97 Å². The minimum Gasteiger partial charge on any atom is -0.339 e. The standard InChI is InChI=1S/C15H16N4S/c16-7-2-4-11-3-1-5-12(9-11)19-15-14-13(6-8-20-14)17-10-18-15/h1,3,5-6,8-10H,2,4,7,16H2,(H,17,18,19). The van der Waals surface area contributed by atoms with Crippen molar-refractivity contribution in [3.63, 3.8) is 0 Å². The molecule has 0 amide bonds. The van der Waals surface area contributed by atoms with Crippen LogP contribution in [-0.2, 0) is 6.42 Å². The average molecular weight is 284 g/mol. The third-order valence-corrected chi connectivity index (χ3v) is 4.01. The second-order valence-corrected chi connectivity index (χ2v) is 5.49. The maximum atomic E-state index is 5.56. The van der Waals surface area contributed by atoms with Gasteiger partial charge in [-0.1, -0.05) is 12.1 Å². The zero-order chi connectivity index (χ0) is 13.8. The molecule has 0 aliphatic heterocycles. The number of aromatic nitrogens is 2. The van der Waals surface area contributed by atoms with Gasteiger partial charge in [0.25, 0.3) is 0 Å². The SMILES string of the molecule is NCCCc1cccc(Nc2ncnc3ccsc23)c1. The molecule has 3 N–H and O–H groups in total. The fourth-order valence-corrected chi connectivity index (χ4v) is 2.92. The van der Waals surface area contributed by atoms with Gasteiger partial charge in [-0.3, -0.25) is 0 Å². The van der Waals surface area contributed by atoms with Crippen LogP contribution in [0.15, 0.2) is 42.0 Å². The molecule has 20 heavy (non-hydrogen) atoms. The summed E-state index contributed by atoms with van der Waals surface area (Å²) >= 11 is 1.65. The molecule has 0 unspecified atom stereocenters. The maximum Gasteiger partial charge on any atom is 0.151 e. The Balaban J connectivity index is 1.85. The Kier molecular flexibility index (Phi) is 3.90. The first-order valence-corrected chi connectivity index (χ1v) is 7.49. The highest BCUT2D eigenvalue weighted by Gasteiger charge is 2.05. The molecule has 0 radical (unpaired) electrons. The monoisotopic (exact) mass is 284 g/mol. The van der Waals surface area contributed by atoms with Crippen molar-refractivity contribution in [2.75, 3.05) is 11.9 Å². The summed E-state index contributed by atoms with van der Waals surface area (Å²) in [6, 6.07) is 10.4. The number of rotatable bonds is 5. The molecule has 0 aliphatic carbocycles. The molecule has 0 spiro atoms. The molecule has 3 aromatic rings. The van der Waals surface area contributed by atoms with Gasteiger partial charge in [-0.15, -0.1) is 11.3 Å². The highest BCUT2D eigenvalue weighted by Crippen LogP contribution is 2.27. The van der Waals surface area contributed by atoms with Gasteiger partial charge in [-0.05, 0) is 48.5 Å². The smallest absolute Gasteiger partial charge is 0.151 e. The number of thiophene rings is 1. The van der Waals surface area contributed by atoms with Crippen molar-refractivity contribution in [3.8, 4) is 0 Å². The van der Waals surface area contributed by atoms with Crippen LogP contribution in [0.25, 0.3) is 10.2 Å². The Labute approximate surface area is 121 Å². The number of nitrogens with one attached hydrogen (secondary N) is 1. The van der Waals surface area contributed by atoms with Crippen LogP contribution < -0.4 is 11.1 Å². The molecule has 0 saturated heterocycles. The average Bonchev–Trinajstić information content (AvgIpc) is 2.95. The first-order valence-electron chi connectivity index (χ1n) is 6.61. The summed E-state index contributed by atoms with van der Waals surface area (Å²) < 4.78 is 1.08. The van der Waals surface area contributed by atoms with E-state index >= 15 is 0 Å². The molecule has 0 fully saturated rings.